The number of carbonyl (C=O) groups is 2. The van der Waals surface area contributed by atoms with Crippen molar-refractivity contribution in [3.05, 3.63) is 63.1 Å². The van der Waals surface area contributed by atoms with Gasteiger partial charge in [0.25, 0.3) is 0 Å². The number of benzene rings is 1. The minimum Gasteiger partial charge on any atom is -0.383 e. The van der Waals surface area contributed by atoms with Crippen molar-refractivity contribution in [2.75, 3.05) is 14.1 Å². The highest BCUT2D eigenvalue weighted by Crippen LogP contribution is 2.46. The smallest absolute Gasteiger partial charge is 0.197 e. The van der Waals surface area contributed by atoms with Gasteiger partial charge >= 0.3 is 0 Å². The molecule has 0 radical (unpaired) electrons. The lowest BCUT2D eigenvalue weighted by Crippen LogP contribution is -2.27. The Hall–Kier alpha value is -1.56. The van der Waals surface area contributed by atoms with E-state index in [2.05, 4.69) is 13.8 Å². The van der Waals surface area contributed by atoms with Crippen LogP contribution in [0.5, 0.6) is 0 Å². The van der Waals surface area contributed by atoms with Crippen molar-refractivity contribution in [2.24, 2.45) is 5.41 Å². The van der Waals surface area contributed by atoms with Crippen LogP contribution in [0.4, 0.5) is 0 Å². The molecule has 6 heteroatoms. The number of rotatable bonds is 6. The average molecular weight is 434 g/mol. The lowest BCUT2D eigenvalue weighted by Gasteiger charge is -2.29. The van der Waals surface area contributed by atoms with E-state index in [1.54, 1.807) is 24.0 Å². The molecule has 1 heterocycles. The molecule has 0 fully saturated rings. The fourth-order valence-corrected chi connectivity index (χ4v) is 5.93. The number of thioether (sulfide) groups is 1. The van der Waals surface area contributed by atoms with Crippen LogP contribution in [0.15, 0.2) is 40.8 Å². The Morgan fingerprint density at radius 1 is 1.25 bits per heavy atom. The molecule has 3 nitrogen and oxygen atoms in total. The van der Waals surface area contributed by atoms with Crippen LogP contribution in [0, 0.1) is 5.41 Å². The van der Waals surface area contributed by atoms with Gasteiger partial charge in [-0.3, -0.25) is 9.59 Å². The molecule has 0 N–H and O–H groups in total. The van der Waals surface area contributed by atoms with Gasteiger partial charge in [0.05, 0.1) is 9.09 Å². The summed E-state index contributed by atoms with van der Waals surface area (Å²) in [6.45, 7) is 4.19. The Morgan fingerprint density at radius 2 is 1.93 bits per heavy atom. The van der Waals surface area contributed by atoms with Gasteiger partial charge in [-0.2, -0.15) is 0 Å². The van der Waals surface area contributed by atoms with Crippen LogP contribution in [0.1, 0.15) is 51.4 Å². The topological polar surface area (TPSA) is 37.4 Å². The molecule has 148 valence electrons. The number of ketones is 2. The van der Waals surface area contributed by atoms with E-state index in [-0.39, 0.29) is 17.0 Å². The molecular weight excluding hydrogens is 410 g/mol. The number of nitrogens with zero attached hydrogens (tertiary/aromatic N) is 1. The predicted molar refractivity (Wildman–Crippen MR) is 119 cm³/mol. The summed E-state index contributed by atoms with van der Waals surface area (Å²) in [6, 6.07) is 7.73. The Labute approximate surface area is 179 Å². The fourth-order valence-electron chi connectivity index (χ4n) is 3.28. The van der Waals surface area contributed by atoms with Crippen molar-refractivity contribution in [2.45, 2.75) is 36.7 Å². The quantitative estimate of drug-likeness (QED) is 0.313. The van der Waals surface area contributed by atoms with Crippen molar-refractivity contribution in [1.82, 2.24) is 4.90 Å². The molecule has 0 amide bonds. The van der Waals surface area contributed by atoms with Crippen LogP contribution in [-0.2, 0) is 12.2 Å². The molecule has 0 saturated heterocycles. The Bertz CT molecular complexity index is 927. The van der Waals surface area contributed by atoms with Gasteiger partial charge in [0, 0.05) is 49.1 Å². The van der Waals surface area contributed by atoms with Crippen molar-refractivity contribution in [3.63, 3.8) is 0 Å². The van der Waals surface area contributed by atoms with Gasteiger partial charge in [-0.05, 0) is 35.1 Å². The van der Waals surface area contributed by atoms with E-state index >= 15 is 0 Å². The third kappa shape index (κ3) is 4.88. The molecule has 1 aromatic carbocycles. The summed E-state index contributed by atoms with van der Waals surface area (Å²) >= 11 is 9.05. The van der Waals surface area contributed by atoms with Crippen LogP contribution in [-0.4, -0.2) is 30.6 Å². The second-order valence-corrected chi connectivity index (χ2v) is 10.8. The van der Waals surface area contributed by atoms with E-state index in [0.29, 0.717) is 16.3 Å². The van der Waals surface area contributed by atoms with Gasteiger partial charge in [0.1, 0.15) is 0 Å². The van der Waals surface area contributed by atoms with Gasteiger partial charge in [-0.25, -0.2) is 0 Å². The summed E-state index contributed by atoms with van der Waals surface area (Å²) < 4.78 is 0.951. The van der Waals surface area contributed by atoms with E-state index in [0.717, 1.165) is 33.1 Å². The fraction of sp³-hybridized carbons (Fsp3) is 0.364. The number of allylic oxidation sites excluding steroid dienone is 1. The molecule has 3 rings (SSSR count). The Morgan fingerprint density at radius 3 is 2.57 bits per heavy atom. The van der Waals surface area contributed by atoms with Gasteiger partial charge < -0.3 is 4.90 Å². The molecule has 28 heavy (non-hydrogen) atoms. The van der Waals surface area contributed by atoms with E-state index in [9.17, 15) is 9.59 Å². The summed E-state index contributed by atoms with van der Waals surface area (Å²) in [7, 11) is 3.77. The molecule has 0 aliphatic heterocycles. The number of Topliss-reactive ketones (excluding diaryl/α,β-unsaturated/α-hetero) is 1. The first-order chi connectivity index (χ1) is 13.2. The normalized spacial score (nSPS) is 15.7. The first kappa shape index (κ1) is 21.2. The average Bonchev–Trinajstić information content (AvgIpc) is 2.96. The molecule has 0 spiro atoms. The largest absolute Gasteiger partial charge is 0.383 e. The van der Waals surface area contributed by atoms with E-state index in [4.69, 9.17) is 11.6 Å². The van der Waals surface area contributed by atoms with Gasteiger partial charge in [-0.1, -0.05) is 37.6 Å². The number of hydrogen-bond donors (Lipinski definition) is 0. The highest BCUT2D eigenvalue weighted by atomic mass is 35.5. The summed E-state index contributed by atoms with van der Waals surface area (Å²) in [6.07, 6.45) is 4.62. The maximum atomic E-state index is 12.9. The van der Waals surface area contributed by atoms with Gasteiger partial charge in [-0.15, -0.1) is 23.1 Å². The highest BCUT2D eigenvalue weighted by Gasteiger charge is 2.37. The van der Waals surface area contributed by atoms with Crippen LogP contribution >= 0.6 is 34.7 Å². The summed E-state index contributed by atoms with van der Waals surface area (Å²) in [5, 5.41) is 0.709. The second kappa shape index (κ2) is 8.44. The van der Waals surface area contributed by atoms with Crippen LogP contribution in [0.25, 0.3) is 0 Å². The predicted octanol–water partition coefficient (Wildman–Crippen LogP) is 6.11. The lowest BCUT2D eigenvalue weighted by atomic mass is 9.74. The zero-order chi connectivity index (χ0) is 20.5. The maximum Gasteiger partial charge on any atom is 0.197 e. The third-order valence-electron chi connectivity index (χ3n) is 4.58. The van der Waals surface area contributed by atoms with Crippen molar-refractivity contribution in [1.29, 1.82) is 0 Å². The lowest BCUT2D eigenvalue weighted by molar-refractivity contribution is 0.0910. The zero-order valence-corrected chi connectivity index (χ0v) is 18.9. The monoisotopic (exact) mass is 433 g/mol. The van der Waals surface area contributed by atoms with E-state index in [1.807, 2.05) is 43.3 Å². The van der Waals surface area contributed by atoms with Crippen LogP contribution < -0.4 is 0 Å². The number of fused-ring (bicyclic) bond motifs is 1. The van der Waals surface area contributed by atoms with Gasteiger partial charge in [0.15, 0.2) is 11.6 Å². The number of thiophene rings is 1. The first-order valence-electron chi connectivity index (χ1n) is 9.11. The zero-order valence-electron chi connectivity index (χ0n) is 16.5. The summed E-state index contributed by atoms with van der Waals surface area (Å²) in [4.78, 5) is 28.3. The van der Waals surface area contributed by atoms with Crippen LogP contribution in [0.3, 0.4) is 0 Å². The molecular formula is C22H24ClNO2S2. The second-order valence-electron chi connectivity index (χ2n) is 8.07. The Balaban J connectivity index is 1.95. The maximum absolute atomic E-state index is 12.9. The van der Waals surface area contributed by atoms with Crippen molar-refractivity contribution < 1.29 is 9.59 Å². The molecule has 0 unspecified atom stereocenters. The molecule has 0 saturated carbocycles. The van der Waals surface area contributed by atoms with E-state index in [1.165, 1.54) is 11.3 Å². The first-order valence-corrected chi connectivity index (χ1v) is 11.3. The van der Waals surface area contributed by atoms with Crippen molar-refractivity contribution in [3.8, 4) is 0 Å². The molecule has 0 atom stereocenters. The minimum atomic E-state index is -0.121. The molecule has 1 aromatic heterocycles. The van der Waals surface area contributed by atoms with Crippen molar-refractivity contribution >= 4 is 46.3 Å². The van der Waals surface area contributed by atoms with E-state index < -0.39 is 0 Å². The number of carbonyl (C=O) groups excluding carboxylic acids is 2. The summed E-state index contributed by atoms with van der Waals surface area (Å²) in [5.74, 6) is 0.859. The third-order valence-corrected chi connectivity index (χ3v) is 7.42. The SMILES string of the molecule is CN(C)C=CC(=O)c1sc(SCc2ccc(Cl)cc2)c2c1CC(C)(C)CC2=O. The Kier molecular flexibility index (Phi) is 6.37. The molecule has 1 aliphatic carbocycles. The number of hydrogen-bond acceptors (Lipinski definition) is 5. The molecule has 0 bridgehead atoms. The molecule has 2 aromatic rings. The molecule has 1 aliphatic rings. The number of halogens is 1. The minimum absolute atomic E-state index is 0.0289. The standard InChI is InChI=1S/C22H24ClNO2S2/c1-22(2)11-16-19(18(26)12-22)21(27-13-14-5-7-15(23)8-6-14)28-20(16)17(25)9-10-24(3)4/h5-10H,11-13H2,1-4H3. The highest BCUT2D eigenvalue weighted by molar-refractivity contribution is 8.00. The summed E-state index contributed by atoms with van der Waals surface area (Å²) in [5.41, 5.74) is 2.72. The van der Waals surface area contributed by atoms with Crippen LogP contribution in [0.2, 0.25) is 5.02 Å². The van der Waals surface area contributed by atoms with Gasteiger partial charge in [0.2, 0.25) is 0 Å².